The first-order chi connectivity index (χ1) is 15.1. The zero-order valence-electron chi connectivity index (χ0n) is 17.6. The first kappa shape index (κ1) is 23.0. The molecule has 1 fully saturated rings. The number of nitrogens with zero attached hydrogens (tertiary/aromatic N) is 2. The Labute approximate surface area is 194 Å². The number of alkyl halides is 3. The molecule has 2 heterocycles. The van der Waals surface area contributed by atoms with Crippen LogP contribution in [0.1, 0.15) is 56.8 Å². The molecule has 0 bridgehead atoms. The van der Waals surface area contributed by atoms with Gasteiger partial charge in [0.1, 0.15) is 11.9 Å². The molecule has 2 aromatic rings. The molecule has 3 atom stereocenters. The Hall–Kier alpha value is -2.19. The molecule has 1 aromatic carbocycles. The molecule has 1 aliphatic heterocycles. The second kappa shape index (κ2) is 8.63. The maximum absolute atomic E-state index is 13.4. The van der Waals surface area contributed by atoms with E-state index in [1.165, 1.54) is 4.68 Å². The highest BCUT2D eigenvalue weighted by Gasteiger charge is 2.40. The van der Waals surface area contributed by atoms with Gasteiger partial charge in [-0.15, -0.1) is 0 Å². The van der Waals surface area contributed by atoms with E-state index in [4.69, 9.17) is 23.2 Å². The Morgan fingerprint density at radius 1 is 1.19 bits per heavy atom. The van der Waals surface area contributed by atoms with Gasteiger partial charge in [0, 0.05) is 17.8 Å². The minimum absolute atomic E-state index is 0.00996. The number of allylic oxidation sites excluding steroid dienone is 1. The fraction of sp³-hybridized carbons (Fsp3) is 0.455. The number of aromatic nitrogens is 2. The quantitative estimate of drug-likeness (QED) is 0.543. The van der Waals surface area contributed by atoms with Crippen LogP contribution in [0, 0.1) is 5.92 Å². The Balaban J connectivity index is 1.78. The molecule has 10 heteroatoms. The molecule has 1 aromatic heterocycles. The molecule has 0 spiro atoms. The first-order valence-corrected chi connectivity index (χ1v) is 11.2. The van der Waals surface area contributed by atoms with Crippen molar-refractivity contribution in [1.82, 2.24) is 15.1 Å². The van der Waals surface area contributed by atoms with Gasteiger partial charge in [0.15, 0.2) is 5.69 Å². The van der Waals surface area contributed by atoms with Gasteiger partial charge in [0.25, 0.3) is 5.91 Å². The summed E-state index contributed by atoms with van der Waals surface area (Å²) in [6.07, 6.45) is -0.577. The summed E-state index contributed by atoms with van der Waals surface area (Å²) in [5, 5.41) is 10.4. The zero-order valence-corrected chi connectivity index (χ0v) is 19.1. The number of fused-ring (bicyclic) bond motifs is 1. The van der Waals surface area contributed by atoms with E-state index in [1.807, 2.05) is 0 Å². The molecular weight excluding hydrogens is 464 g/mol. The van der Waals surface area contributed by atoms with Crippen LogP contribution in [0.15, 0.2) is 35.5 Å². The third-order valence-corrected chi connectivity index (χ3v) is 6.93. The predicted molar refractivity (Wildman–Crippen MR) is 118 cm³/mol. The molecule has 4 rings (SSSR count). The van der Waals surface area contributed by atoms with Gasteiger partial charge < -0.3 is 10.6 Å². The molecule has 1 amide bonds. The van der Waals surface area contributed by atoms with Crippen LogP contribution in [0.2, 0.25) is 10.0 Å². The molecule has 172 valence electrons. The van der Waals surface area contributed by atoms with E-state index in [9.17, 15) is 18.0 Å². The number of benzene rings is 1. The van der Waals surface area contributed by atoms with Crippen molar-refractivity contribution in [3.8, 4) is 0 Å². The molecular formula is C22H23Cl2F3N4O. The molecule has 2 N–H and O–H groups in total. The lowest BCUT2D eigenvalue weighted by atomic mass is 9.85. The second-order valence-electron chi connectivity index (χ2n) is 8.44. The van der Waals surface area contributed by atoms with Crippen molar-refractivity contribution in [1.29, 1.82) is 0 Å². The van der Waals surface area contributed by atoms with E-state index in [2.05, 4.69) is 22.7 Å². The highest BCUT2D eigenvalue weighted by molar-refractivity contribution is 6.42. The number of nitrogens with one attached hydrogen (secondary N) is 2. The first-order valence-electron chi connectivity index (χ1n) is 10.5. The van der Waals surface area contributed by atoms with Crippen LogP contribution in [-0.2, 0) is 11.0 Å². The Morgan fingerprint density at radius 3 is 2.56 bits per heavy atom. The minimum Gasteiger partial charge on any atom is -0.349 e. The maximum atomic E-state index is 13.4. The average molecular weight is 487 g/mol. The van der Waals surface area contributed by atoms with E-state index < -0.39 is 17.9 Å². The fourth-order valence-electron chi connectivity index (χ4n) is 4.47. The number of carbonyl (C=O) groups is 1. The van der Waals surface area contributed by atoms with Crippen molar-refractivity contribution < 1.29 is 18.0 Å². The lowest BCUT2D eigenvalue weighted by Crippen LogP contribution is -2.44. The summed E-state index contributed by atoms with van der Waals surface area (Å²) in [5.41, 5.74) is 0.231. The molecule has 1 aliphatic carbocycles. The number of rotatable bonds is 3. The van der Waals surface area contributed by atoms with Gasteiger partial charge in [-0.25, -0.2) is 4.68 Å². The predicted octanol–water partition coefficient (Wildman–Crippen LogP) is 6.19. The molecule has 1 saturated carbocycles. The van der Waals surface area contributed by atoms with E-state index in [0.717, 1.165) is 31.7 Å². The lowest BCUT2D eigenvalue weighted by molar-refractivity contribution is -0.141. The third-order valence-electron chi connectivity index (χ3n) is 6.20. The SMILES string of the molecule is CC1=C(C(=O)NC2CCCCC2C)C(c2ccc(Cl)c(Cl)c2)n2nc(C(F)(F)F)cc2N1. The topological polar surface area (TPSA) is 59.0 Å². The summed E-state index contributed by atoms with van der Waals surface area (Å²) in [7, 11) is 0. The summed E-state index contributed by atoms with van der Waals surface area (Å²) in [6.45, 7) is 3.77. The summed E-state index contributed by atoms with van der Waals surface area (Å²) in [6, 6.07) is 4.82. The van der Waals surface area contributed by atoms with Crippen molar-refractivity contribution in [2.75, 3.05) is 5.32 Å². The third kappa shape index (κ3) is 4.35. The molecule has 0 radical (unpaired) electrons. The number of carbonyl (C=O) groups excluding carboxylic acids is 1. The van der Waals surface area contributed by atoms with Gasteiger partial charge in [-0.2, -0.15) is 18.3 Å². The number of anilines is 1. The van der Waals surface area contributed by atoms with E-state index in [0.29, 0.717) is 27.8 Å². The smallest absolute Gasteiger partial charge is 0.349 e. The number of halogens is 5. The van der Waals surface area contributed by atoms with Crippen molar-refractivity contribution in [3.05, 3.63) is 56.8 Å². The van der Waals surface area contributed by atoms with Crippen LogP contribution in [0.3, 0.4) is 0 Å². The number of amides is 1. The highest BCUT2D eigenvalue weighted by atomic mass is 35.5. The van der Waals surface area contributed by atoms with Gasteiger partial charge in [-0.1, -0.05) is 49.0 Å². The molecule has 32 heavy (non-hydrogen) atoms. The van der Waals surface area contributed by atoms with E-state index in [-0.39, 0.29) is 22.8 Å². The van der Waals surface area contributed by atoms with Crippen LogP contribution in [0.5, 0.6) is 0 Å². The highest BCUT2D eigenvalue weighted by Crippen LogP contribution is 2.40. The molecule has 2 aliphatic rings. The normalized spacial score (nSPS) is 23.5. The van der Waals surface area contributed by atoms with E-state index >= 15 is 0 Å². The van der Waals surface area contributed by atoms with Crippen molar-refractivity contribution in [3.63, 3.8) is 0 Å². The number of hydrogen-bond acceptors (Lipinski definition) is 3. The van der Waals surface area contributed by atoms with Gasteiger partial charge in [0.05, 0.1) is 15.6 Å². The van der Waals surface area contributed by atoms with Crippen LogP contribution in [-0.4, -0.2) is 21.7 Å². The van der Waals surface area contributed by atoms with Crippen LogP contribution in [0.4, 0.5) is 19.0 Å². The lowest BCUT2D eigenvalue weighted by Gasteiger charge is -2.33. The van der Waals surface area contributed by atoms with Gasteiger partial charge in [-0.05, 0) is 43.4 Å². The van der Waals surface area contributed by atoms with Crippen molar-refractivity contribution in [2.24, 2.45) is 5.92 Å². The summed E-state index contributed by atoms with van der Waals surface area (Å²) < 4.78 is 41.4. The van der Waals surface area contributed by atoms with E-state index in [1.54, 1.807) is 25.1 Å². The molecule has 5 nitrogen and oxygen atoms in total. The Morgan fingerprint density at radius 2 is 1.91 bits per heavy atom. The molecule has 0 saturated heterocycles. The average Bonchev–Trinajstić information content (AvgIpc) is 3.15. The minimum atomic E-state index is -4.62. The van der Waals surface area contributed by atoms with Crippen LogP contribution >= 0.6 is 23.2 Å². The Bertz CT molecular complexity index is 1080. The second-order valence-corrected chi connectivity index (χ2v) is 9.25. The zero-order chi connectivity index (χ0) is 23.2. The largest absolute Gasteiger partial charge is 0.435 e. The fourth-order valence-corrected chi connectivity index (χ4v) is 4.78. The monoisotopic (exact) mass is 486 g/mol. The number of hydrogen-bond donors (Lipinski definition) is 2. The summed E-state index contributed by atoms with van der Waals surface area (Å²) in [4.78, 5) is 13.4. The van der Waals surface area contributed by atoms with Gasteiger partial charge in [-0.3, -0.25) is 4.79 Å². The van der Waals surface area contributed by atoms with Crippen molar-refractivity contribution in [2.45, 2.75) is 57.8 Å². The Kier molecular flexibility index (Phi) is 6.20. The van der Waals surface area contributed by atoms with Gasteiger partial charge >= 0.3 is 6.18 Å². The summed E-state index contributed by atoms with van der Waals surface area (Å²) in [5.74, 6) is 0.138. The standard InChI is InChI=1S/C22H23Cl2F3N4O/c1-11-5-3-4-6-16(11)29-21(32)19-12(2)28-18-10-17(22(25,26)27)30-31(18)20(19)13-7-8-14(23)15(24)9-13/h7-11,16,20,28H,3-6H2,1-2H3,(H,29,32). The van der Waals surface area contributed by atoms with Gasteiger partial charge in [0.2, 0.25) is 0 Å². The van der Waals surface area contributed by atoms with Crippen LogP contribution in [0.25, 0.3) is 0 Å². The summed E-state index contributed by atoms with van der Waals surface area (Å²) >= 11 is 12.3. The molecule has 3 unspecified atom stereocenters. The van der Waals surface area contributed by atoms with Crippen molar-refractivity contribution >= 4 is 34.9 Å². The maximum Gasteiger partial charge on any atom is 0.435 e. The van der Waals surface area contributed by atoms with Crippen LogP contribution < -0.4 is 10.6 Å².